The van der Waals surface area contributed by atoms with Crippen LogP contribution in [0.2, 0.25) is 0 Å². The molecule has 0 aromatic carbocycles. The fourth-order valence-electron chi connectivity index (χ4n) is 2.49. The van der Waals surface area contributed by atoms with E-state index in [4.69, 9.17) is 4.74 Å². The van der Waals surface area contributed by atoms with E-state index in [9.17, 15) is 4.79 Å². The van der Waals surface area contributed by atoms with Gasteiger partial charge in [-0.1, -0.05) is 25.2 Å². The lowest BCUT2D eigenvalue weighted by molar-refractivity contribution is 0.112. The third-order valence-electron chi connectivity index (χ3n) is 3.61. The van der Waals surface area contributed by atoms with E-state index in [1.54, 1.807) is 7.11 Å². The zero-order chi connectivity index (χ0) is 13.8. The highest BCUT2D eigenvalue weighted by Gasteiger charge is 2.23. The molecule has 1 aromatic rings. The first-order valence-corrected chi connectivity index (χ1v) is 7.67. The van der Waals surface area contributed by atoms with Crippen molar-refractivity contribution in [2.45, 2.75) is 32.6 Å². The maximum Gasteiger partial charge on any atom is 0.186 e. The molecule has 106 valence electrons. The average Bonchev–Trinajstić information content (AvgIpc) is 2.84. The van der Waals surface area contributed by atoms with Gasteiger partial charge < -0.3 is 9.64 Å². The number of thiazole rings is 1. The van der Waals surface area contributed by atoms with Crippen LogP contribution in [0.15, 0.2) is 0 Å². The van der Waals surface area contributed by atoms with Gasteiger partial charge in [-0.05, 0) is 24.7 Å². The Bertz CT molecular complexity index is 423. The SMILES string of the molecule is COCC1CCN(c2nc(C(C)C)c(C=O)s2)CC1. The zero-order valence-electron chi connectivity index (χ0n) is 11.9. The lowest BCUT2D eigenvalue weighted by atomic mass is 9.98. The van der Waals surface area contributed by atoms with E-state index in [1.807, 2.05) is 0 Å². The summed E-state index contributed by atoms with van der Waals surface area (Å²) in [4.78, 5) is 18.8. The minimum absolute atomic E-state index is 0.302. The first-order valence-electron chi connectivity index (χ1n) is 6.85. The number of rotatable bonds is 5. The Morgan fingerprint density at radius 2 is 2.16 bits per heavy atom. The fraction of sp³-hybridized carbons (Fsp3) is 0.714. The molecular weight excluding hydrogens is 260 g/mol. The predicted octanol–water partition coefficient (Wildman–Crippen LogP) is 2.94. The van der Waals surface area contributed by atoms with E-state index in [2.05, 4.69) is 23.7 Å². The van der Waals surface area contributed by atoms with Gasteiger partial charge in [0.2, 0.25) is 0 Å². The molecule has 0 saturated carbocycles. The molecule has 2 rings (SSSR count). The molecule has 1 saturated heterocycles. The van der Waals surface area contributed by atoms with E-state index in [1.165, 1.54) is 11.3 Å². The van der Waals surface area contributed by atoms with Gasteiger partial charge in [0.1, 0.15) is 0 Å². The molecule has 0 radical (unpaired) electrons. The summed E-state index contributed by atoms with van der Waals surface area (Å²) in [5, 5.41) is 1.00. The molecule has 1 aliphatic heterocycles. The predicted molar refractivity (Wildman–Crippen MR) is 78.4 cm³/mol. The van der Waals surface area contributed by atoms with Gasteiger partial charge in [-0.15, -0.1) is 0 Å². The normalized spacial score (nSPS) is 17.2. The number of aldehydes is 1. The number of piperidine rings is 1. The first kappa shape index (κ1) is 14.5. The number of aromatic nitrogens is 1. The Morgan fingerprint density at radius 3 is 2.63 bits per heavy atom. The van der Waals surface area contributed by atoms with Gasteiger partial charge in [-0.2, -0.15) is 0 Å². The van der Waals surface area contributed by atoms with Crippen LogP contribution in [0.5, 0.6) is 0 Å². The highest BCUT2D eigenvalue weighted by Crippen LogP contribution is 2.32. The maximum absolute atomic E-state index is 11.1. The summed E-state index contributed by atoms with van der Waals surface area (Å²) in [5.41, 5.74) is 0.939. The van der Waals surface area contributed by atoms with Crippen molar-refractivity contribution in [3.8, 4) is 0 Å². The van der Waals surface area contributed by atoms with Crippen molar-refractivity contribution in [2.75, 3.05) is 31.7 Å². The topological polar surface area (TPSA) is 42.4 Å². The molecule has 0 amide bonds. The van der Waals surface area contributed by atoms with E-state index in [0.717, 1.165) is 54.5 Å². The minimum atomic E-state index is 0.302. The van der Waals surface area contributed by atoms with Crippen molar-refractivity contribution >= 4 is 22.8 Å². The van der Waals surface area contributed by atoms with Crippen molar-refractivity contribution < 1.29 is 9.53 Å². The molecular formula is C14H22N2O2S. The molecule has 0 unspecified atom stereocenters. The van der Waals surface area contributed by atoms with Crippen LogP contribution in [-0.2, 0) is 4.74 Å². The maximum atomic E-state index is 11.1. The van der Waals surface area contributed by atoms with Crippen LogP contribution in [-0.4, -0.2) is 38.1 Å². The highest BCUT2D eigenvalue weighted by molar-refractivity contribution is 7.17. The molecule has 5 heteroatoms. The lowest BCUT2D eigenvalue weighted by Gasteiger charge is -2.31. The Kier molecular flexibility index (Phi) is 4.93. The molecule has 0 bridgehead atoms. The average molecular weight is 282 g/mol. The summed E-state index contributed by atoms with van der Waals surface area (Å²) in [7, 11) is 1.76. The van der Waals surface area contributed by atoms with E-state index >= 15 is 0 Å². The van der Waals surface area contributed by atoms with Gasteiger partial charge in [0.05, 0.1) is 10.6 Å². The monoisotopic (exact) mass is 282 g/mol. The van der Waals surface area contributed by atoms with Crippen LogP contribution in [0.1, 0.15) is 48.0 Å². The standard InChI is InChI=1S/C14H22N2O2S/c1-10(2)13-12(8-17)19-14(15-13)16-6-4-11(5-7-16)9-18-3/h8,10-11H,4-7,9H2,1-3H3. The van der Waals surface area contributed by atoms with Crippen LogP contribution in [0.4, 0.5) is 5.13 Å². The highest BCUT2D eigenvalue weighted by atomic mass is 32.1. The summed E-state index contributed by atoms with van der Waals surface area (Å²) >= 11 is 1.52. The molecule has 1 fully saturated rings. The molecule has 0 aliphatic carbocycles. The molecule has 19 heavy (non-hydrogen) atoms. The minimum Gasteiger partial charge on any atom is -0.384 e. The van der Waals surface area contributed by atoms with E-state index in [0.29, 0.717) is 11.8 Å². The van der Waals surface area contributed by atoms with Crippen LogP contribution in [0.3, 0.4) is 0 Å². The number of carbonyl (C=O) groups excluding carboxylic acids is 1. The molecule has 2 heterocycles. The number of methoxy groups -OCH3 is 1. The lowest BCUT2D eigenvalue weighted by Crippen LogP contribution is -2.34. The van der Waals surface area contributed by atoms with Gasteiger partial charge in [0.25, 0.3) is 0 Å². The van der Waals surface area contributed by atoms with Crippen LogP contribution in [0, 0.1) is 5.92 Å². The first-order chi connectivity index (χ1) is 9.15. The van der Waals surface area contributed by atoms with Crippen molar-refractivity contribution in [2.24, 2.45) is 5.92 Å². The molecule has 1 aromatic heterocycles. The molecule has 4 nitrogen and oxygen atoms in total. The van der Waals surface area contributed by atoms with Crippen molar-refractivity contribution in [3.63, 3.8) is 0 Å². The summed E-state index contributed by atoms with van der Waals surface area (Å²) in [5.74, 6) is 0.965. The number of anilines is 1. The molecule has 0 N–H and O–H groups in total. The fourth-order valence-corrected chi connectivity index (χ4v) is 3.58. The van der Waals surface area contributed by atoms with Gasteiger partial charge in [0, 0.05) is 26.8 Å². The van der Waals surface area contributed by atoms with Gasteiger partial charge in [-0.3, -0.25) is 4.79 Å². The van der Waals surface area contributed by atoms with Crippen molar-refractivity contribution in [3.05, 3.63) is 10.6 Å². The van der Waals surface area contributed by atoms with E-state index < -0.39 is 0 Å². The van der Waals surface area contributed by atoms with Gasteiger partial charge in [-0.25, -0.2) is 4.98 Å². The third kappa shape index (κ3) is 3.34. The van der Waals surface area contributed by atoms with Crippen LogP contribution < -0.4 is 4.90 Å². The number of hydrogen-bond donors (Lipinski definition) is 0. The smallest absolute Gasteiger partial charge is 0.186 e. The number of ether oxygens (including phenoxy) is 1. The van der Waals surface area contributed by atoms with E-state index in [-0.39, 0.29) is 0 Å². The Morgan fingerprint density at radius 1 is 1.47 bits per heavy atom. The Hall–Kier alpha value is -0.940. The summed E-state index contributed by atoms with van der Waals surface area (Å²) < 4.78 is 5.22. The Balaban J connectivity index is 2.05. The van der Waals surface area contributed by atoms with Crippen LogP contribution in [0.25, 0.3) is 0 Å². The largest absolute Gasteiger partial charge is 0.384 e. The summed E-state index contributed by atoms with van der Waals surface area (Å²) in [6.07, 6.45) is 3.22. The van der Waals surface area contributed by atoms with Gasteiger partial charge in [0.15, 0.2) is 11.4 Å². The third-order valence-corrected chi connectivity index (χ3v) is 4.67. The van der Waals surface area contributed by atoms with Crippen molar-refractivity contribution in [1.82, 2.24) is 4.98 Å². The van der Waals surface area contributed by atoms with Crippen LogP contribution >= 0.6 is 11.3 Å². The molecule has 0 atom stereocenters. The second-order valence-corrected chi connectivity index (χ2v) is 6.41. The number of carbonyl (C=O) groups is 1. The number of hydrogen-bond acceptors (Lipinski definition) is 5. The second-order valence-electron chi connectivity index (χ2n) is 5.40. The van der Waals surface area contributed by atoms with Gasteiger partial charge >= 0.3 is 0 Å². The quantitative estimate of drug-likeness (QED) is 0.779. The zero-order valence-corrected chi connectivity index (χ0v) is 12.7. The number of nitrogens with zero attached hydrogens (tertiary/aromatic N) is 2. The second kappa shape index (κ2) is 6.48. The molecule has 1 aliphatic rings. The molecule has 0 spiro atoms. The van der Waals surface area contributed by atoms with Crippen molar-refractivity contribution in [1.29, 1.82) is 0 Å². The summed E-state index contributed by atoms with van der Waals surface area (Å²) in [6.45, 7) is 7.03. The Labute approximate surface area is 118 Å². The summed E-state index contributed by atoms with van der Waals surface area (Å²) in [6, 6.07) is 0.